The minimum atomic E-state index is -4.81. The van der Waals surface area contributed by atoms with Crippen LogP contribution in [0.15, 0.2) is 33.9 Å². The fraction of sp³-hybridized carbons (Fsp3) is 0.897. The third-order valence-electron chi connectivity index (χ3n) is 24.9. The molecule has 0 aromatic carbocycles. The van der Waals surface area contributed by atoms with Crippen molar-refractivity contribution in [3.8, 4) is 0 Å². The first-order valence-electron chi connectivity index (χ1n) is 28.2. The third kappa shape index (κ3) is 6.52. The van der Waals surface area contributed by atoms with Crippen molar-refractivity contribution in [3.63, 3.8) is 0 Å². The summed E-state index contributed by atoms with van der Waals surface area (Å²) < 4.78 is 68.2. The van der Waals surface area contributed by atoms with Crippen LogP contribution in [0.5, 0.6) is 0 Å². The molecule has 6 heterocycles. The van der Waals surface area contributed by atoms with Gasteiger partial charge in [-0.15, -0.1) is 0 Å². The van der Waals surface area contributed by atoms with Crippen LogP contribution >= 0.6 is 0 Å². The number of aliphatic hydroxyl groups excluding tert-OH is 2. The van der Waals surface area contributed by atoms with Gasteiger partial charge in [-0.05, 0) is 176 Å². The zero-order valence-corrected chi connectivity index (χ0v) is 45.6. The number of fused-ring (bicyclic) bond motifs is 10. The molecule has 4 saturated carbocycles. The lowest BCUT2D eigenvalue weighted by molar-refractivity contribution is -0.408. The van der Waals surface area contributed by atoms with Crippen molar-refractivity contribution < 1.29 is 56.5 Å². The quantitative estimate of drug-likeness (QED) is 0.115. The van der Waals surface area contributed by atoms with Crippen LogP contribution in [-0.2, 0) is 33.5 Å². The lowest BCUT2D eigenvalue weighted by atomic mass is 9.42. The fourth-order valence-corrected chi connectivity index (χ4v) is 22.1. The van der Waals surface area contributed by atoms with E-state index in [0.717, 1.165) is 70.6 Å². The molecule has 0 amide bonds. The largest absolute Gasteiger partial charge is 0.397 e. The Balaban J connectivity index is 0.782. The average molecular weight is 1010 g/mol. The molecule has 6 saturated heterocycles. The zero-order valence-electron chi connectivity index (χ0n) is 44.8. The lowest BCUT2D eigenvalue weighted by Crippen LogP contribution is -2.76. The van der Waals surface area contributed by atoms with Gasteiger partial charge in [0.05, 0.1) is 42.7 Å². The molecule has 0 aromatic rings. The minimum Gasteiger partial charge on any atom is -0.387 e. The molecule has 6 bridgehead atoms. The van der Waals surface area contributed by atoms with Gasteiger partial charge in [0.15, 0.2) is 5.79 Å². The smallest absolute Gasteiger partial charge is 0.387 e. The molecule has 10 fully saturated rings. The van der Waals surface area contributed by atoms with Gasteiger partial charge in [-0.3, -0.25) is 4.55 Å². The Kier molecular flexibility index (Phi) is 11.0. The van der Waals surface area contributed by atoms with E-state index in [9.17, 15) is 33.4 Å². The van der Waals surface area contributed by atoms with Crippen LogP contribution in [0.4, 0.5) is 0 Å². The van der Waals surface area contributed by atoms with Crippen LogP contribution in [-0.4, -0.2) is 99.9 Å². The van der Waals surface area contributed by atoms with E-state index in [1.165, 1.54) is 35.1 Å². The molecule has 20 atom stereocenters. The molecule has 14 rings (SSSR count). The van der Waals surface area contributed by atoms with Crippen molar-refractivity contribution in [2.45, 2.75) is 232 Å². The molecule has 13 heteroatoms. The van der Waals surface area contributed by atoms with Crippen LogP contribution in [0.25, 0.3) is 0 Å². The van der Waals surface area contributed by atoms with E-state index in [1.807, 2.05) is 13.8 Å². The van der Waals surface area contributed by atoms with Crippen LogP contribution in [0.1, 0.15) is 179 Å². The highest BCUT2D eigenvalue weighted by Gasteiger charge is 2.75. The molecule has 2 spiro atoms. The van der Waals surface area contributed by atoms with E-state index in [2.05, 4.69) is 68.4 Å². The van der Waals surface area contributed by atoms with Gasteiger partial charge >= 0.3 is 10.4 Å². The molecule has 71 heavy (non-hydrogen) atoms. The second-order valence-electron chi connectivity index (χ2n) is 28.8. The predicted octanol–water partition coefficient (Wildman–Crippen LogP) is 9.55. The minimum absolute atomic E-state index is 0.0358. The summed E-state index contributed by atoms with van der Waals surface area (Å²) in [5.41, 5.74) is 3.65. The number of rotatable bonds is 8. The Morgan fingerprint density at radius 1 is 0.789 bits per heavy atom. The second-order valence-corrected chi connectivity index (χ2v) is 29.8. The van der Waals surface area contributed by atoms with Crippen LogP contribution in [0, 0.1) is 79.8 Å². The van der Waals surface area contributed by atoms with Crippen molar-refractivity contribution in [2.75, 3.05) is 13.2 Å². The number of hydrogen-bond donors (Lipinski definition) is 5. The highest BCUT2D eigenvalue weighted by atomic mass is 32.3. The zero-order chi connectivity index (χ0) is 50.9. The first-order valence-corrected chi connectivity index (χ1v) is 29.5. The predicted molar refractivity (Wildman–Crippen MR) is 266 cm³/mol. The Labute approximate surface area is 424 Å². The van der Waals surface area contributed by atoms with E-state index >= 15 is 0 Å². The molecule has 14 aliphatic rings. The molecule has 0 aromatic heterocycles. The van der Waals surface area contributed by atoms with Gasteiger partial charge in [0.25, 0.3) is 0 Å². The molecule has 398 valence electrons. The van der Waals surface area contributed by atoms with Crippen molar-refractivity contribution in [1.82, 2.24) is 0 Å². The van der Waals surface area contributed by atoms with E-state index in [1.54, 1.807) is 5.57 Å². The third-order valence-corrected chi connectivity index (χ3v) is 25.4. The van der Waals surface area contributed by atoms with Gasteiger partial charge in [-0.2, -0.15) is 8.42 Å². The highest BCUT2D eigenvalue weighted by Crippen LogP contribution is 2.74. The van der Waals surface area contributed by atoms with E-state index in [-0.39, 0.29) is 64.5 Å². The standard InChI is InChI=1S/C58H88O12S/c1-31(36-14-16-38-34-13-18-44-49(3,4)57(61)45(59)27-55(44,29-66-57)40(34)20-22-52(36,38)9)12-19-47-54(11)26-33(51(7,8)70-54)24-42(68-47)32(2)37-15-17-39-35-25-43(69-71(63,64)65)48-50(5,6)58(62)46(60)28-56(48,30-67-58)41(35)21-23-53(37,39)10/h18,31-33,36-39,42-43,45-48,59-62H,12-17,19-30H2,1-11H3,(H,63,64,65)/t31-,32+,33-,36-,37-,38+,39+,42-,43+,45+,46+,47+,48+,52-,53-,54-,55+,56+,57+,58+/m1/s1. The second kappa shape index (κ2) is 15.5. The summed E-state index contributed by atoms with van der Waals surface area (Å²) in [6, 6.07) is 0. The topological polar surface area (TPSA) is 181 Å². The van der Waals surface area contributed by atoms with Gasteiger partial charge in [0.1, 0.15) is 12.2 Å². The molecule has 12 nitrogen and oxygen atoms in total. The summed E-state index contributed by atoms with van der Waals surface area (Å²) in [7, 11) is -4.81. The fourth-order valence-electron chi connectivity index (χ4n) is 21.6. The van der Waals surface area contributed by atoms with Crippen LogP contribution in [0.3, 0.4) is 0 Å². The van der Waals surface area contributed by atoms with Crippen LogP contribution in [0.2, 0.25) is 0 Å². The number of aliphatic hydroxyl groups is 4. The van der Waals surface area contributed by atoms with Crippen molar-refractivity contribution in [3.05, 3.63) is 33.9 Å². The summed E-state index contributed by atoms with van der Waals surface area (Å²) in [6.07, 6.45) is 14.0. The molecule has 5 N–H and O–H groups in total. The molecule has 0 unspecified atom stereocenters. The summed E-state index contributed by atoms with van der Waals surface area (Å²) in [5, 5.41) is 46.2. The Bertz CT molecular complexity index is 2460. The maximum absolute atomic E-state index is 12.6. The molecule has 0 radical (unpaired) electrons. The highest BCUT2D eigenvalue weighted by molar-refractivity contribution is 7.80. The van der Waals surface area contributed by atoms with E-state index in [4.69, 9.17) is 23.1 Å². The molecule has 8 aliphatic carbocycles. The van der Waals surface area contributed by atoms with Crippen LogP contribution < -0.4 is 0 Å². The molecular weight excluding hydrogens is 921 g/mol. The Morgan fingerprint density at radius 2 is 1.42 bits per heavy atom. The van der Waals surface area contributed by atoms with Crippen molar-refractivity contribution in [2.24, 2.45) is 79.8 Å². The van der Waals surface area contributed by atoms with E-state index < -0.39 is 62.4 Å². The van der Waals surface area contributed by atoms with Gasteiger partial charge in [0, 0.05) is 27.6 Å². The number of ether oxygens (including phenoxy) is 4. The van der Waals surface area contributed by atoms with Gasteiger partial charge in [-0.25, -0.2) is 4.18 Å². The van der Waals surface area contributed by atoms with Gasteiger partial charge < -0.3 is 39.4 Å². The first-order chi connectivity index (χ1) is 32.9. The maximum atomic E-state index is 12.6. The Hall–Kier alpha value is -1.23. The first kappa shape index (κ1) is 50.6. The SMILES string of the molecule is C[C@@H]([C@H]1CC[C@H]2C3=C(CC[C@]12C)[C@@]12CO[C@@](O)([C@@H](O)C1)C(C)(C)[C@@H]2[C@@H](OS(=O)(=O)O)C3)[C@H]1C[C@@H]2C[C@@](C)(OC2(C)C)[C@H](CC[C@@H](C)[C@H]2CC[C@H]3C4=C(CC[C@]23C)[C@@]23CO[C@@](O)([C@@H](O)C2)C(C)(C)C3=CC4)O1. The average Bonchev–Trinajstić information content (AvgIpc) is 3.85. The summed E-state index contributed by atoms with van der Waals surface area (Å²) >= 11 is 0. The monoisotopic (exact) mass is 1010 g/mol. The summed E-state index contributed by atoms with van der Waals surface area (Å²) in [6.45, 7) is 25.4. The lowest BCUT2D eigenvalue weighted by Gasteiger charge is -2.69. The van der Waals surface area contributed by atoms with Gasteiger partial charge in [0.2, 0.25) is 5.79 Å². The molecule has 6 aliphatic heterocycles. The molecular formula is C58H88O12S. The normalized spacial score (nSPS) is 52.7. The van der Waals surface area contributed by atoms with Gasteiger partial charge in [-0.1, -0.05) is 89.3 Å². The van der Waals surface area contributed by atoms with Crippen molar-refractivity contribution >= 4 is 10.4 Å². The Morgan fingerprint density at radius 3 is 2.10 bits per heavy atom. The summed E-state index contributed by atoms with van der Waals surface area (Å²) in [4.78, 5) is 0. The van der Waals surface area contributed by atoms with E-state index in [0.29, 0.717) is 49.0 Å². The number of allylic oxidation sites excluding steroid dienone is 2. The number of hydrogen-bond acceptors (Lipinski definition) is 11. The van der Waals surface area contributed by atoms with Crippen molar-refractivity contribution in [1.29, 1.82) is 0 Å². The maximum Gasteiger partial charge on any atom is 0.397 e. The summed E-state index contributed by atoms with van der Waals surface area (Å²) in [5.74, 6) is -1.04.